The second-order valence-electron chi connectivity index (χ2n) is 3.85. The molecule has 0 radical (unpaired) electrons. The van der Waals surface area contributed by atoms with Gasteiger partial charge in [0.05, 0.1) is 0 Å². The summed E-state index contributed by atoms with van der Waals surface area (Å²) in [6, 6.07) is 1.54. The van der Waals surface area contributed by atoms with E-state index in [-0.39, 0.29) is 12.6 Å². The third-order valence-corrected chi connectivity index (χ3v) is 2.76. The van der Waals surface area contributed by atoms with Gasteiger partial charge in [-0.25, -0.2) is 5.26 Å². The van der Waals surface area contributed by atoms with Crippen molar-refractivity contribution in [3.63, 3.8) is 0 Å². The summed E-state index contributed by atoms with van der Waals surface area (Å²) in [5, 5.41) is 20.9. The summed E-state index contributed by atoms with van der Waals surface area (Å²) >= 11 is 0. The lowest BCUT2D eigenvalue weighted by atomic mass is 9.32. The van der Waals surface area contributed by atoms with E-state index in [2.05, 4.69) is 11.1 Å². The molecule has 1 aliphatic heterocycles. The van der Waals surface area contributed by atoms with Gasteiger partial charge in [-0.1, -0.05) is 18.6 Å². The summed E-state index contributed by atoms with van der Waals surface area (Å²) in [5.41, 5.74) is 0. The van der Waals surface area contributed by atoms with E-state index in [0.717, 1.165) is 31.2 Å². The Balaban J connectivity index is 1.72. The molecule has 0 atom stereocenters. The molecule has 1 fully saturated rings. The second-order valence-corrected chi connectivity index (χ2v) is 3.85. The van der Waals surface area contributed by atoms with Crippen molar-refractivity contribution in [2.45, 2.75) is 25.5 Å². The zero-order valence-corrected chi connectivity index (χ0v) is 7.81. The molecule has 1 saturated heterocycles. The van der Waals surface area contributed by atoms with Gasteiger partial charge in [-0.15, -0.1) is 0 Å². The van der Waals surface area contributed by atoms with Crippen LogP contribution in [-0.4, -0.2) is 17.0 Å². The lowest BCUT2D eigenvalue weighted by Gasteiger charge is -2.27. The minimum absolute atomic E-state index is 0.0523. The summed E-state index contributed by atoms with van der Waals surface area (Å²) in [5.74, 6) is 3.58. The first-order valence-corrected chi connectivity index (χ1v) is 4.82. The monoisotopic (exact) mass is 190 g/mol. The number of nitriles is 1. The summed E-state index contributed by atoms with van der Waals surface area (Å²) < 4.78 is 4.87. The molecule has 1 aromatic heterocycles. The van der Waals surface area contributed by atoms with Crippen LogP contribution in [0.3, 0.4) is 0 Å². The number of hydrogen-bond acceptors (Lipinski definition) is 4. The van der Waals surface area contributed by atoms with Gasteiger partial charge in [0.1, 0.15) is 5.76 Å². The molecule has 0 aromatic carbocycles. The average molecular weight is 190 g/mol. The van der Waals surface area contributed by atoms with Crippen molar-refractivity contribution < 1.29 is 9.63 Å². The number of nitrogens with zero attached hydrogens (tertiary/aromatic N) is 2. The van der Waals surface area contributed by atoms with Crippen LogP contribution in [0.4, 0.5) is 0 Å². The van der Waals surface area contributed by atoms with Crippen LogP contribution >= 0.6 is 0 Å². The van der Waals surface area contributed by atoms with Crippen molar-refractivity contribution in [1.82, 2.24) is 5.16 Å². The maximum absolute atomic E-state index is 8.92. The Morgan fingerprint density at radius 2 is 2.50 bits per heavy atom. The molecule has 4 nitrogen and oxygen atoms in total. The first kappa shape index (κ1) is 9.13. The Kier molecular flexibility index (Phi) is 2.44. The Morgan fingerprint density at radius 1 is 1.71 bits per heavy atom. The van der Waals surface area contributed by atoms with Crippen LogP contribution in [-0.2, 0) is 6.42 Å². The van der Waals surface area contributed by atoms with Crippen LogP contribution < -0.4 is 0 Å². The van der Waals surface area contributed by atoms with Crippen LogP contribution in [0, 0.1) is 17.1 Å². The fourth-order valence-electron chi connectivity index (χ4n) is 1.84. The standard InChI is InChI=1S/C9H11BN2O2/c11-6-10-4-7(5-10)1-2-8-3-9(13)12-14-8/h3,7H,1-2,4-5H2,(H,12,13). The van der Waals surface area contributed by atoms with Gasteiger partial charge in [0.2, 0.25) is 0 Å². The van der Waals surface area contributed by atoms with Crippen LogP contribution in [0.5, 0.6) is 5.88 Å². The highest BCUT2D eigenvalue weighted by atomic mass is 16.5. The lowest BCUT2D eigenvalue weighted by molar-refractivity contribution is 0.335. The van der Waals surface area contributed by atoms with E-state index in [0.29, 0.717) is 5.92 Å². The number of hydrogen-bond donors (Lipinski definition) is 1. The molecule has 0 unspecified atom stereocenters. The Morgan fingerprint density at radius 3 is 3.07 bits per heavy atom. The van der Waals surface area contributed by atoms with Gasteiger partial charge in [0, 0.05) is 18.5 Å². The smallest absolute Gasteiger partial charge is 0.268 e. The van der Waals surface area contributed by atoms with E-state index in [1.54, 1.807) is 6.07 Å². The molecule has 14 heavy (non-hydrogen) atoms. The molecule has 2 rings (SSSR count). The first-order valence-electron chi connectivity index (χ1n) is 4.82. The van der Waals surface area contributed by atoms with Crippen molar-refractivity contribution in [3.05, 3.63) is 11.8 Å². The Bertz CT molecular complexity index is 352. The van der Waals surface area contributed by atoms with Crippen LogP contribution in [0.25, 0.3) is 0 Å². The zero-order valence-electron chi connectivity index (χ0n) is 7.81. The van der Waals surface area contributed by atoms with E-state index < -0.39 is 0 Å². The van der Waals surface area contributed by atoms with Gasteiger partial charge in [-0.05, 0) is 11.6 Å². The van der Waals surface area contributed by atoms with Crippen molar-refractivity contribution in [3.8, 4) is 11.8 Å². The molecular weight excluding hydrogens is 179 g/mol. The van der Waals surface area contributed by atoms with Crippen LogP contribution in [0.2, 0.25) is 12.6 Å². The molecule has 0 amide bonds. The quantitative estimate of drug-likeness (QED) is 0.733. The highest BCUT2D eigenvalue weighted by molar-refractivity contribution is 6.69. The number of aryl methyl sites for hydroxylation is 1. The van der Waals surface area contributed by atoms with Gasteiger partial charge in [0.15, 0.2) is 0 Å². The Labute approximate surface area is 82.6 Å². The second kappa shape index (κ2) is 3.75. The molecule has 72 valence electrons. The maximum atomic E-state index is 8.92. The normalized spacial score (nSPS) is 16.4. The highest BCUT2D eigenvalue weighted by Crippen LogP contribution is 2.32. The van der Waals surface area contributed by atoms with E-state index in [1.165, 1.54) is 0 Å². The fourth-order valence-corrected chi connectivity index (χ4v) is 1.84. The van der Waals surface area contributed by atoms with Crippen molar-refractivity contribution >= 4 is 6.71 Å². The number of rotatable bonds is 3. The van der Waals surface area contributed by atoms with Crippen molar-refractivity contribution in [1.29, 1.82) is 5.26 Å². The molecule has 0 aliphatic carbocycles. The summed E-state index contributed by atoms with van der Waals surface area (Å²) in [7, 11) is 0. The Hall–Kier alpha value is -1.44. The van der Waals surface area contributed by atoms with Crippen LogP contribution in [0.1, 0.15) is 12.2 Å². The summed E-state index contributed by atoms with van der Waals surface area (Å²) in [6.45, 7) is 0.267. The summed E-state index contributed by atoms with van der Waals surface area (Å²) in [4.78, 5) is 0. The number of aromatic nitrogens is 1. The van der Waals surface area contributed by atoms with Crippen molar-refractivity contribution in [2.24, 2.45) is 5.92 Å². The largest absolute Gasteiger partial charge is 0.491 e. The van der Waals surface area contributed by atoms with E-state index in [9.17, 15) is 0 Å². The first-order chi connectivity index (χ1) is 6.78. The third kappa shape index (κ3) is 1.90. The van der Waals surface area contributed by atoms with E-state index in [1.807, 2.05) is 0 Å². The molecule has 0 bridgehead atoms. The zero-order chi connectivity index (χ0) is 9.97. The molecule has 5 heteroatoms. The average Bonchev–Trinajstić information content (AvgIpc) is 2.49. The minimum atomic E-state index is -0.0523. The maximum Gasteiger partial charge on any atom is 0.268 e. The predicted octanol–water partition coefficient (Wildman–Crippen LogP) is 1.50. The van der Waals surface area contributed by atoms with E-state index >= 15 is 0 Å². The van der Waals surface area contributed by atoms with Gasteiger partial charge < -0.3 is 9.63 Å². The topological polar surface area (TPSA) is 70.0 Å². The molecule has 2 heterocycles. The van der Waals surface area contributed by atoms with E-state index in [4.69, 9.17) is 14.9 Å². The molecule has 1 aromatic rings. The molecule has 1 aliphatic rings. The molecule has 0 spiro atoms. The van der Waals surface area contributed by atoms with Gasteiger partial charge in [0.25, 0.3) is 12.6 Å². The number of aromatic hydroxyl groups is 1. The van der Waals surface area contributed by atoms with Gasteiger partial charge in [-0.3, -0.25) is 0 Å². The predicted molar refractivity (Wildman–Crippen MR) is 51.0 cm³/mol. The highest BCUT2D eigenvalue weighted by Gasteiger charge is 2.32. The van der Waals surface area contributed by atoms with Gasteiger partial charge in [-0.2, -0.15) is 0 Å². The summed E-state index contributed by atoms with van der Waals surface area (Å²) in [6.07, 6.45) is 3.84. The molecular formula is C9H11BN2O2. The minimum Gasteiger partial charge on any atom is -0.491 e. The molecule has 1 N–H and O–H groups in total. The van der Waals surface area contributed by atoms with Crippen molar-refractivity contribution in [2.75, 3.05) is 0 Å². The fraction of sp³-hybridized carbons (Fsp3) is 0.556. The SMILES string of the molecule is N#CB1CC(CCc2cc(O)no2)C1. The lowest BCUT2D eigenvalue weighted by Crippen LogP contribution is -2.30. The van der Waals surface area contributed by atoms with Crippen LogP contribution in [0.15, 0.2) is 10.6 Å². The third-order valence-electron chi connectivity index (χ3n) is 2.76. The van der Waals surface area contributed by atoms with Gasteiger partial charge >= 0.3 is 0 Å². The molecule has 0 saturated carbocycles.